The molecule has 0 spiro atoms. The third-order valence-corrected chi connectivity index (χ3v) is 2.55. The molecule has 0 bridgehead atoms. The van der Waals surface area contributed by atoms with Crippen LogP contribution >= 0.6 is 0 Å². The molecule has 90 valence electrons. The van der Waals surface area contributed by atoms with E-state index in [1.54, 1.807) is 12.1 Å². The van der Waals surface area contributed by atoms with Crippen molar-refractivity contribution >= 4 is 5.69 Å². The van der Waals surface area contributed by atoms with E-state index in [1.165, 1.54) is 12.1 Å². The Morgan fingerprint density at radius 1 is 1.41 bits per heavy atom. The van der Waals surface area contributed by atoms with E-state index < -0.39 is 4.92 Å². The van der Waals surface area contributed by atoms with E-state index in [0.717, 1.165) is 0 Å². The van der Waals surface area contributed by atoms with Crippen LogP contribution < -0.4 is 4.74 Å². The highest BCUT2D eigenvalue weighted by molar-refractivity contribution is 5.52. The molecule has 0 aliphatic carbocycles. The summed E-state index contributed by atoms with van der Waals surface area (Å²) in [5.41, 5.74) is -0.180. The Morgan fingerprint density at radius 3 is 2.53 bits per heavy atom. The average molecular weight is 234 g/mol. The number of nitrogens with zero attached hydrogens (tertiary/aromatic N) is 2. The lowest BCUT2D eigenvalue weighted by atomic mass is 10.1. The molecular formula is C12H14N2O3. The monoisotopic (exact) mass is 234 g/mol. The minimum Gasteiger partial charge on any atom is -0.490 e. The highest BCUT2D eigenvalue weighted by atomic mass is 16.6. The first-order valence-electron chi connectivity index (χ1n) is 5.31. The zero-order valence-electron chi connectivity index (χ0n) is 10.0. The molecule has 0 aliphatic rings. The first kappa shape index (κ1) is 13.0. The van der Waals surface area contributed by atoms with Gasteiger partial charge in [0.2, 0.25) is 0 Å². The van der Waals surface area contributed by atoms with Gasteiger partial charge >= 0.3 is 0 Å². The van der Waals surface area contributed by atoms with E-state index >= 15 is 0 Å². The first-order chi connectivity index (χ1) is 7.95. The smallest absolute Gasteiger partial charge is 0.290 e. The summed E-state index contributed by atoms with van der Waals surface area (Å²) < 4.78 is 5.55. The van der Waals surface area contributed by atoms with Crippen molar-refractivity contribution in [3.63, 3.8) is 0 Å². The molecule has 5 nitrogen and oxygen atoms in total. The van der Waals surface area contributed by atoms with Crippen molar-refractivity contribution in [2.45, 2.75) is 26.9 Å². The molecule has 1 rings (SSSR count). The minimum absolute atomic E-state index is 0.0393. The fourth-order valence-corrected chi connectivity index (χ4v) is 1.18. The minimum atomic E-state index is -0.578. The summed E-state index contributed by atoms with van der Waals surface area (Å²) in [5, 5.41) is 19.5. The number of nitriles is 1. The Balaban J connectivity index is 3.01. The third-order valence-electron chi connectivity index (χ3n) is 2.55. The SMILES string of the molecule is CC(C)C(C)Oc1ccc(C#N)c([N+](=O)[O-])c1. The van der Waals surface area contributed by atoms with Crippen LogP contribution in [0, 0.1) is 27.4 Å². The summed E-state index contributed by atoms with van der Waals surface area (Å²) in [7, 11) is 0. The second kappa shape index (κ2) is 5.30. The van der Waals surface area contributed by atoms with Crippen molar-refractivity contribution in [2.75, 3.05) is 0 Å². The maximum Gasteiger partial charge on any atom is 0.290 e. The quantitative estimate of drug-likeness (QED) is 0.592. The molecule has 0 radical (unpaired) electrons. The van der Waals surface area contributed by atoms with Crippen LogP contribution in [0.25, 0.3) is 0 Å². The molecule has 1 aromatic rings. The van der Waals surface area contributed by atoms with Crippen molar-refractivity contribution < 1.29 is 9.66 Å². The van der Waals surface area contributed by atoms with E-state index in [-0.39, 0.29) is 17.4 Å². The van der Waals surface area contributed by atoms with Crippen LogP contribution in [0.4, 0.5) is 5.69 Å². The molecule has 1 unspecified atom stereocenters. The van der Waals surface area contributed by atoms with Gasteiger partial charge in [-0.2, -0.15) is 5.26 Å². The van der Waals surface area contributed by atoms with Crippen molar-refractivity contribution in [3.8, 4) is 11.8 Å². The van der Waals surface area contributed by atoms with Gasteiger partial charge in [-0.1, -0.05) is 13.8 Å². The highest BCUT2D eigenvalue weighted by Crippen LogP contribution is 2.25. The van der Waals surface area contributed by atoms with E-state index in [1.807, 2.05) is 20.8 Å². The van der Waals surface area contributed by atoms with Gasteiger partial charge in [0.15, 0.2) is 0 Å². The number of nitro benzene ring substituents is 1. The number of hydrogen-bond donors (Lipinski definition) is 0. The lowest BCUT2D eigenvalue weighted by Gasteiger charge is -2.17. The van der Waals surface area contributed by atoms with Gasteiger partial charge < -0.3 is 4.74 Å². The van der Waals surface area contributed by atoms with E-state index in [2.05, 4.69) is 0 Å². The molecule has 1 aromatic carbocycles. The summed E-state index contributed by atoms with van der Waals surface area (Å²) in [5.74, 6) is 0.724. The number of rotatable bonds is 4. The zero-order chi connectivity index (χ0) is 13.0. The molecule has 0 N–H and O–H groups in total. The lowest BCUT2D eigenvalue weighted by molar-refractivity contribution is -0.385. The first-order valence-corrected chi connectivity index (χ1v) is 5.31. The highest BCUT2D eigenvalue weighted by Gasteiger charge is 2.16. The average Bonchev–Trinajstić information content (AvgIpc) is 2.28. The molecule has 0 fully saturated rings. The van der Waals surface area contributed by atoms with Crippen LogP contribution in [0.2, 0.25) is 0 Å². The number of ether oxygens (including phenoxy) is 1. The summed E-state index contributed by atoms with van der Waals surface area (Å²) in [6, 6.07) is 6.05. The zero-order valence-corrected chi connectivity index (χ0v) is 10.0. The molecule has 0 saturated heterocycles. The van der Waals surface area contributed by atoms with Crippen molar-refractivity contribution in [2.24, 2.45) is 5.92 Å². The van der Waals surface area contributed by atoms with Crippen LogP contribution in [-0.4, -0.2) is 11.0 Å². The third kappa shape index (κ3) is 3.18. The second-order valence-electron chi connectivity index (χ2n) is 4.11. The molecule has 1 atom stereocenters. The van der Waals surface area contributed by atoms with E-state index in [4.69, 9.17) is 10.00 Å². The molecule has 0 aliphatic heterocycles. The maximum absolute atomic E-state index is 10.8. The van der Waals surface area contributed by atoms with Gasteiger partial charge in [-0.25, -0.2) is 0 Å². The summed E-state index contributed by atoms with van der Waals surface area (Å²) >= 11 is 0. The second-order valence-corrected chi connectivity index (χ2v) is 4.11. The Morgan fingerprint density at radius 2 is 2.06 bits per heavy atom. The van der Waals surface area contributed by atoms with E-state index in [9.17, 15) is 10.1 Å². The van der Waals surface area contributed by atoms with Gasteiger partial charge in [0.1, 0.15) is 17.4 Å². The molecule has 5 heteroatoms. The summed E-state index contributed by atoms with van der Waals surface area (Å²) in [4.78, 5) is 10.2. The van der Waals surface area contributed by atoms with E-state index in [0.29, 0.717) is 11.7 Å². The van der Waals surface area contributed by atoms with Gasteiger partial charge in [-0.05, 0) is 25.0 Å². The molecule has 0 saturated carbocycles. The standard InChI is InChI=1S/C12H14N2O3/c1-8(2)9(3)17-11-5-4-10(7-13)12(6-11)14(15)16/h4-6,8-9H,1-3H3. The van der Waals surface area contributed by atoms with Gasteiger partial charge in [0, 0.05) is 0 Å². The van der Waals surface area contributed by atoms with Crippen LogP contribution in [-0.2, 0) is 0 Å². The van der Waals surface area contributed by atoms with Crippen LogP contribution in [0.1, 0.15) is 26.3 Å². The Hall–Kier alpha value is -2.09. The fourth-order valence-electron chi connectivity index (χ4n) is 1.18. The van der Waals surface area contributed by atoms with Gasteiger partial charge in [-0.15, -0.1) is 0 Å². The van der Waals surface area contributed by atoms with Crippen LogP contribution in [0.15, 0.2) is 18.2 Å². The molecular weight excluding hydrogens is 220 g/mol. The Bertz CT molecular complexity index is 463. The van der Waals surface area contributed by atoms with Gasteiger partial charge in [0.05, 0.1) is 17.1 Å². The Labute approximate surface area is 99.8 Å². The number of nitro groups is 1. The largest absolute Gasteiger partial charge is 0.490 e. The fraction of sp³-hybridized carbons (Fsp3) is 0.417. The van der Waals surface area contributed by atoms with Crippen LogP contribution in [0.5, 0.6) is 5.75 Å². The maximum atomic E-state index is 10.8. The van der Waals surface area contributed by atoms with Crippen molar-refractivity contribution in [1.29, 1.82) is 5.26 Å². The van der Waals surface area contributed by atoms with Crippen LogP contribution in [0.3, 0.4) is 0 Å². The normalized spacial score (nSPS) is 11.9. The molecule has 17 heavy (non-hydrogen) atoms. The molecule has 0 heterocycles. The predicted molar refractivity (Wildman–Crippen MR) is 62.7 cm³/mol. The van der Waals surface area contributed by atoms with Gasteiger partial charge in [-0.3, -0.25) is 10.1 Å². The molecule has 0 aromatic heterocycles. The summed E-state index contributed by atoms with van der Waals surface area (Å²) in [6.07, 6.45) is -0.0393. The lowest BCUT2D eigenvalue weighted by Crippen LogP contribution is -2.18. The topological polar surface area (TPSA) is 76.2 Å². The Kier molecular flexibility index (Phi) is 4.05. The van der Waals surface area contributed by atoms with Crippen molar-refractivity contribution in [1.82, 2.24) is 0 Å². The molecule has 0 amide bonds. The predicted octanol–water partition coefficient (Wildman–Crippen LogP) is 2.89. The number of benzene rings is 1. The van der Waals surface area contributed by atoms with Gasteiger partial charge in [0.25, 0.3) is 5.69 Å². The number of hydrogen-bond acceptors (Lipinski definition) is 4. The van der Waals surface area contributed by atoms with Crippen molar-refractivity contribution in [3.05, 3.63) is 33.9 Å². The summed E-state index contributed by atoms with van der Waals surface area (Å²) in [6.45, 7) is 5.90.